The van der Waals surface area contributed by atoms with Crippen molar-refractivity contribution in [2.45, 2.75) is 32.2 Å². The summed E-state index contributed by atoms with van der Waals surface area (Å²) in [5.74, 6) is 0. The summed E-state index contributed by atoms with van der Waals surface area (Å²) in [5.41, 5.74) is 0.296. The number of amides is 1. The van der Waals surface area contributed by atoms with E-state index in [0.717, 1.165) is 12.1 Å². The molecule has 0 aliphatic rings. The quantitative estimate of drug-likeness (QED) is 0.727. The average molecular weight is 367 g/mol. The van der Waals surface area contributed by atoms with Crippen LogP contribution in [0.1, 0.15) is 24.5 Å². The molecule has 1 unspecified atom stereocenters. The van der Waals surface area contributed by atoms with Crippen molar-refractivity contribution in [3.05, 3.63) is 65.7 Å². The van der Waals surface area contributed by atoms with E-state index in [0.29, 0.717) is 17.7 Å². The van der Waals surface area contributed by atoms with Gasteiger partial charge in [-0.25, -0.2) is 4.79 Å². The number of carbonyl (C=O) groups excluding carboxylic acids is 1. The molecule has 2 aromatic rings. The number of hydrogen-bond acceptors (Lipinski definition) is 3. The van der Waals surface area contributed by atoms with Crippen molar-refractivity contribution >= 4 is 11.8 Å². The summed E-state index contributed by atoms with van der Waals surface area (Å²) >= 11 is 0. The highest BCUT2D eigenvalue weighted by Gasteiger charge is 2.30. The molecule has 0 saturated heterocycles. The van der Waals surface area contributed by atoms with Crippen LogP contribution in [0.3, 0.4) is 0 Å². The van der Waals surface area contributed by atoms with Crippen LogP contribution in [0.5, 0.6) is 0 Å². The maximum absolute atomic E-state index is 12.7. The average Bonchev–Trinajstić information content (AvgIpc) is 2.61. The topological polar surface area (TPSA) is 47.6 Å². The van der Waals surface area contributed by atoms with Gasteiger partial charge in [-0.05, 0) is 36.2 Å². The van der Waals surface area contributed by atoms with Gasteiger partial charge in [-0.2, -0.15) is 13.2 Å². The highest BCUT2D eigenvalue weighted by molar-refractivity contribution is 5.84. The number of benzene rings is 2. The predicted octanol–water partition coefficient (Wildman–Crippen LogP) is 5.25. The highest BCUT2D eigenvalue weighted by atomic mass is 19.4. The highest BCUT2D eigenvalue weighted by Crippen LogP contribution is 2.29. The van der Waals surface area contributed by atoms with Gasteiger partial charge in [0.1, 0.15) is 6.10 Å². The molecule has 2 aromatic carbocycles. The smallest absolute Gasteiger partial charge is 0.416 e. The van der Waals surface area contributed by atoms with Crippen molar-refractivity contribution < 1.29 is 27.4 Å². The van der Waals surface area contributed by atoms with Crippen molar-refractivity contribution in [1.29, 1.82) is 0 Å². The summed E-state index contributed by atoms with van der Waals surface area (Å²) in [7, 11) is 0. The van der Waals surface area contributed by atoms with Crippen molar-refractivity contribution in [1.82, 2.24) is 0 Å². The maximum atomic E-state index is 12.7. The lowest BCUT2D eigenvalue weighted by Gasteiger charge is -2.17. The summed E-state index contributed by atoms with van der Waals surface area (Å²) in [4.78, 5) is 11.9. The molecule has 0 heterocycles. The van der Waals surface area contributed by atoms with Crippen LogP contribution in [0.25, 0.3) is 0 Å². The number of ether oxygens (including phenoxy) is 2. The summed E-state index contributed by atoms with van der Waals surface area (Å²) < 4.78 is 48.8. The van der Waals surface area contributed by atoms with Crippen LogP contribution >= 0.6 is 0 Å². The number of carbonyl (C=O) groups is 1. The molecule has 0 aliphatic carbocycles. The van der Waals surface area contributed by atoms with Crippen molar-refractivity contribution in [3.63, 3.8) is 0 Å². The van der Waals surface area contributed by atoms with Crippen molar-refractivity contribution in [2.75, 3.05) is 11.9 Å². The minimum absolute atomic E-state index is 0.00405. The second-order valence-corrected chi connectivity index (χ2v) is 5.64. The molecule has 1 atom stereocenters. The van der Waals surface area contributed by atoms with Crippen LogP contribution in [0.2, 0.25) is 0 Å². The molecule has 1 amide bonds. The molecule has 0 saturated carbocycles. The number of alkyl halides is 3. The van der Waals surface area contributed by atoms with Crippen molar-refractivity contribution in [2.24, 2.45) is 0 Å². The number of halogens is 3. The van der Waals surface area contributed by atoms with E-state index in [9.17, 15) is 18.0 Å². The zero-order valence-electron chi connectivity index (χ0n) is 14.3. The third-order valence-corrected chi connectivity index (χ3v) is 3.58. The maximum Gasteiger partial charge on any atom is 0.416 e. The van der Waals surface area contributed by atoms with E-state index in [1.807, 2.05) is 13.0 Å². The molecule has 7 heteroatoms. The van der Waals surface area contributed by atoms with Crippen LogP contribution in [0, 0.1) is 0 Å². The van der Waals surface area contributed by atoms with Crippen LogP contribution < -0.4 is 5.32 Å². The molecule has 26 heavy (non-hydrogen) atoms. The molecule has 0 aromatic heterocycles. The fourth-order valence-corrected chi connectivity index (χ4v) is 2.20. The Hall–Kier alpha value is -2.54. The standard InChI is InChI=1S/C19H20F3NO3/c1-2-17(26-18(24)23-16-9-4-3-5-10-16)13-25-12-14-7-6-8-15(11-14)19(20,21)22/h3-11,17H,2,12-13H2,1H3,(H,23,24). The van der Waals surface area contributed by atoms with Crippen LogP contribution in [0.4, 0.5) is 23.7 Å². The minimum Gasteiger partial charge on any atom is -0.444 e. The SMILES string of the molecule is CCC(COCc1cccc(C(F)(F)F)c1)OC(=O)Nc1ccccc1. The zero-order valence-corrected chi connectivity index (χ0v) is 14.3. The van der Waals surface area contributed by atoms with Crippen LogP contribution in [0.15, 0.2) is 54.6 Å². The molecular formula is C19H20F3NO3. The molecule has 2 rings (SSSR count). The molecule has 0 spiro atoms. The Kier molecular flexibility index (Phi) is 7.03. The summed E-state index contributed by atoms with van der Waals surface area (Å²) in [5, 5.41) is 2.60. The molecule has 0 bridgehead atoms. The molecule has 4 nitrogen and oxygen atoms in total. The summed E-state index contributed by atoms with van der Waals surface area (Å²) in [6, 6.07) is 13.8. The monoisotopic (exact) mass is 367 g/mol. The van der Waals surface area contributed by atoms with Gasteiger partial charge in [-0.3, -0.25) is 5.32 Å². The molecule has 1 N–H and O–H groups in total. The van der Waals surface area contributed by atoms with Gasteiger partial charge in [0.15, 0.2) is 0 Å². The fraction of sp³-hybridized carbons (Fsp3) is 0.316. The number of anilines is 1. The lowest BCUT2D eigenvalue weighted by Crippen LogP contribution is -2.26. The fourth-order valence-electron chi connectivity index (χ4n) is 2.20. The minimum atomic E-state index is -4.39. The lowest BCUT2D eigenvalue weighted by atomic mass is 10.1. The van der Waals surface area contributed by atoms with E-state index in [1.54, 1.807) is 30.3 Å². The van der Waals surface area contributed by atoms with Crippen LogP contribution in [-0.2, 0) is 22.3 Å². The van der Waals surface area contributed by atoms with Gasteiger partial charge in [-0.15, -0.1) is 0 Å². The first-order valence-electron chi connectivity index (χ1n) is 8.15. The molecule has 0 fully saturated rings. The Bertz CT molecular complexity index is 705. The Labute approximate surface area is 149 Å². The number of para-hydroxylation sites is 1. The van der Waals surface area contributed by atoms with E-state index in [1.165, 1.54) is 6.07 Å². The first-order chi connectivity index (χ1) is 12.4. The molecular weight excluding hydrogens is 347 g/mol. The number of hydrogen-bond donors (Lipinski definition) is 1. The first kappa shape index (κ1) is 19.8. The second kappa shape index (κ2) is 9.24. The summed E-state index contributed by atoms with van der Waals surface area (Å²) in [6.07, 6.45) is -4.97. The van der Waals surface area contributed by atoms with E-state index < -0.39 is 23.9 Å². The molecule has 0 radical (unpaired) electrons. The largest absolute Gasteiger partial charge is 0.444 e. The van der Waals surface area contributed by atoms with Gasteiger partial charge in [-0.1, -0.05) is 37.3 Å². The van der Waals surface area contributed by atoms with Gasteiger partial charge in [0, 0.05) is 5.69 Å². The van der Waals surface area contributed by atoms with Crippen LogP contribution in [-0.4, -0.2) is 18.8 Å². The lowest BCUT2D eigenvalue weighted by molar-refractivity contribution is -0.137. The van der Waals surface area contributed by atoms with Gasteiger partial charge in [0.05, 0.1) is 18.8 Å². The van der Waals surface area contributed by atoms with E-state index in [2.05, 4.69) is 5.32 Å². The first-order valence-corrected chi connectivity index (χ1v) is 8.15. The van der Waals surface area contributed by atoms with E-state index in [-0.39, 0.29) is 13.2 Å². The molecule has 0 aliphatic heterocycles. The Balaban J connectivity index is 1.81. The third-order valence-electron chi connectivity index (χ3n) is 3.58. The zero-order chi connectivity index (χ0) is 19.0. The predicted molar refractivity (Wildman–Crippen MR) is 91.7 cm³/mol. The Morgan fingerprint density at radius 2 is 1.85 bits per heavy atom. The third kappa shape index (κ3) is 6.40. The van der Waals surface area contributed by atoms with Gasteiger partial charge in [0.25, 0.3) is 0 Å². The second-order valence-electron chi connectivity index (χ2n) is 5.64. The van der Waals surface area contributed by atoms with E-state index >= 15 is 0 Å². The summed E-state index contributed by atoms with van der Waals surface area (Å²) in [6.45, 7) is 1.92. The molecule has 140 valence electrons. The normalized spacial score (nSPS) is 12.5. The van der Waals surface area contributed by atoms with Gasteiger partial charge in [0.2, 0.25) is 0 Å². The Morgan fingerprint density at radius 1 is 1.12 bits per heavy atom. The van der Waals surface area contributed by atoms with Gasteiger partial charge >= 0.3 is 12.3 Å². The van der Waals surface area contributed by atoms with Crippen molar-refractivity contribution in [3.8, 4) is 0 Å². The number of rotatable bonds is 7. The van der Waals surface area contributed by atoms with Gasteiger partial charge < -0.3 is 9.47 Å². The Morgan fingerprint density at radius 3 is 2.50 bits per heavy atom. The number of nitrogens with one attached hydrogen (secondary N) is 1. The van der Waals surface area contributed by atoms with E-state index in [4.69, 9.17) is 9.47 Å².